The molecule has 0 radical (unpaired) electrons. The normalized spacial score (nSPS) is 19.9. The van der Waals surface area contributed by atoms with Crippen molar-refractivity contribution >= 4 is 44.7 Å². The predicted molar refractivity (Wildman–Crippen MR) is 233 cm³/mol. The van der Waals surface area contributed by atoms with Gasteiger partial charge in [-0.05, 0) is 81.1 Å². The largest absolute Gasteiger partial charge is 0.497 e. The number of fused-ring (bicyclic) bond motifs is 2. The molecule has 1 unspecified atom stereocenters. The number of nitrogens with zero attached hydrogens (tertiary/aromatic N) is 2. The number of alkyl carbamates (subject to hydrolysis) is 1. The Kier molecular flexibility index (Phi) is 12.4. The van der Waals surface area contributed by atoms with Gasteiger partial charge in [0, 0.05) is 35.9 Å². The molecule has 3 N–H and O–H groups in total. The maximum absolute atomic E-state index is 14.8. The van der Waals surface area contributed by atoms with Gasteiger partial charge in [0.25, 0.3) is 15.9 Å². The number of pyridine rings is 1. The molecule has 3 heterocycles. The van der Waals surface area contributed by atoms with Crippen molar-refractivity contribution < 1.29 is 51.3 Å². The molecule has 3 aliphatic rings. The molecule has 1 saturated heterocycles. The van der Waals surface area contributed by atoms with Crippen molar-refractivity contribution in [2.75, 3.05) is 20.4 Å². The third-order valence-corrected chi connectivity index (χ3v) is 12.3. The molecule has 3 aromatic carbocycles. The number of amides is 4. The monoisotopic (exact) mass is 881 g/mol. The standard InChI is InChI=1S/C46H51N5O11S/c1-8-28-18-19-46(24-28,43(54)50-63(56,57)32-12-10-9-11-13-32)49-41(52)36-22-31(25-51(36)42(53)40(27(2)3)48-44(55)62-45(4,5)6)61-38-23-34(29-14-17-37-39(20-29)60-26-59-37)47-35-21-30(58-7)15-16-33(35)38/h8-18,20-21,23,27,31,36,40H,1,19,22,24-26H2,2-7H3,(H,48,55)(H,49,52)(H,50,54)/t31-,36+,40+,46?/m1/s1. The number of carbonyl (C=O) groups excluding carboxylic acids is 4. The van der Waals surface area contributed by atoms with Crippen molar-refractivity contribution in [3.8, 4) is 34.3 Å². The summed E-state index contributed by atoms with van der Waals surface area (Å²) in [6.07, 6.45) is 1.45. The number of sulfonamides is 1. The Morgan fingerprint density at radius 3 is 2.43 bits per heavy atom. The molecule has 4 amide bonds. The fraction of sp³-hybridized carbons (Fsp3) is 0.370. The molecule has 17 heteroatoms. The molecule has 0 bridgehead atoms. The third kappa shape index (κ3) is 9.73. The second-order valence-electron chi connectivity index (χ2n) is 17.0. The van der Waals surface area contributed by atoms with Crippen LogP contribution in [0.5, 0.6) is 23.0 Å². The zero-order valence-corrected chi connectivity index (χ0v) is 36.7. The van der Waals surface area contributed by atoms with Crippen LogP contribution >= 0.6 is 0 Å². The minimum atomic E-state index is -4.34. The zero-order chi connectivity index (χ0) is 45.3. The molecule has 1 fully saturated rings. The number of methoxy groups -OCH3 is 1. The first-order valence-corrected chi connectivity index (χ1v) is 22.0. The van der Waals surface area contributed by atoms with Crippen LogP contribution in [-0.2, 0) is 29.1 Å². The number of aromatic nitrogens is 1. The van der Waals surface area contributed by atoms with Crippen LogP contribution in [0, 0.1) is 5.92 Å². The van der Waals surface area contributed by atoms with Crippen molar-refractivity contribution in [1.82, 2.24) is 25.2 Å². The van der Waals surface area contributed by atoms with Gasteiger partial charge in [-0.15, -0.1) is 0 Å². The van der Waals surface area contributed by atoms with Crippen LogP contribution in [0.15, 0.2) is 102 Å². The Hall–Kier alpha value is -6.62. The topological polar surface area (TPSA) is 201 Å². The highest BCUT2D eigenvalue weighted by Gasteiger charge is 2.49. The Labute approximate surface area is 366 Å². The number of carbonyl (C=O) groups is 4. The molecule has 332 valence electrons. The number of rotatable bonds is 13. The van der Waals surface area contributed by atoms with Gasteiger partial charge >= 0.3 is 6.09 Å². The van der Waals surface area contributed by atoms with E-state index < -0.39 is 69.1 Å². The van der Waals surface area contributed by atoms with Crippen LogP contribution in [0.25, 0.3) is 22.2 Å². The molecule has 63 heavy (non-hydrogen) atoms. The molecule has 0 spiro atoms. The fourth-order valence-corrected chi connectivity index (χ4v) is 8.83. The molecular weight excluding hydrogens is 831 g/mol. The summed E-state index contributed by atoms with van der Waals surface area (Å²) in [5.41, 5.74) is -0.207. The summed E-state index contributed by atoms with van der Waals surface area (Å²) in [5.74, 6) is -0.610. The fourth-order valence-electron chi connectivity index (χ4n) is 7.76. The number of benzene rings is 3. The van der Waals surface area contributed by atoms with E-state index in [9.17, 15) is 27.6 Å². The highest BCUT2D eigenvalue weighted by molar-refractivity contribution is 7.90. The van der Waals surface area contributed by atoms with Crippen molar-refractivity contribution in [2.24, 2.45) is 5.92 Å². The van der Waals surface area contributed by atoms with Crippen LogP contribution in [0.2, 0.25) is 0 Å². The molecule has 4 aromatic rings. The molecule has 0 saturated carbocycles. The summed E-state index contributed by atoms with van der Waals surface area (Å²) >= 11 is 0. The second kappa shape index (κ2) is 17.6. The number of likely N-dealkylation sites (tertiary alicyclic amines) is 1. The van der Waals surface area contributed by atoms with Crippen LogP contribution in [0.1, 0.15) is 53.9 Å². The number of hydrogen-bond donors (Lipinski definition) is 3. The first-order valence-electron chi connectivity index (χ1n) is 20.5. The molecular formula is C46H51N5O11S. The SMILES string of the molecule is C=CC1=CCC(NC(=O)[C@@H]2C[C@@H](Oc3cc(-c4ccc5c(c4)OCO5)nc4cc(OC)ccc34)CN2C(=O)[C@@H](NC(=O)OC(C)(C)C)C(C)C)(C(=O)NS(=O)(=O)c2ccccc2)C1. The summed E-state index contributed by atoms with van der Waals surface area (Å²) in [6.45, 7) is 12.4. The van der Waals surface area contributed by atoms with E-state index in [1.165, 1.54) is 35.2 Å². The average Bonchev–Trinajstić information content (AvgIpc) is 4.01. The zero-order valence-electron chi connectivity index (χ0n) is 35.9. The Morgan fingerprint density at radius 2 is 1.75 bits per heavy atom. The van der Waals surface area contributed by atoms with Gasteiger partial charge in [0.1, 0.15) is 40.8 Å². The summed E-state index contributed by atoms with van der Waals surface area (Å²) in [6, 6.07) is 17.6. The van der Waals surface area contributed by atoms with Crippen LogP contribution in [0.4, 0.5) is 4.79 Å². The van der Waals surface area contributed by atoms with E-state index in [1.807, 2.05) is 12.1 Å². The first-order chi connectivity index (χ1) is 29.9. The van der Waals surface area contributed by atoms with E-state index in [0.29, 0.717) is 50.7 Å². The van der Waals surface area contributed by atoms with Gasteiger partial charge in [-0.2, -0.15) is 0 Å². The molecule has 2 aliphatic heterocycles. The van der Waals surface area contributed by atoms with E-state index in [1.54, 1.807) is 84.2 Å². The number of ether oxygens (including phenoxy) is 5. The van der Waals surface area contributed by atoms with Crippen LogP contribution < -0.4 is 34.3 Å². The molecule has 1 aliphatic carbocycles. The summed E-state index contributed by atoms with van der Waals surface area (Å²) in [5, 5.41) is 6.17. The second-order valence-corrected chi connectivity index (χ2v) is 18.7. The van der Waals surface area contributed by atoms with Gasteiger partial charge in [0.15, 0.2) is 11.5 Å². The highest BCUT2D eigenvalue weighted by Crippen LogP contribution is 2.39. The highest BCUT2D eigenvalue weighted by atomic mass is 32.2. The Morgan fingerprint density at radius 1 is 1.00 bits per heavy atom. The minimum Gasteiger partial charge on any atom is -0.497 e. The Bertz CT molecular complexity index is 2590. The predicted octanol–water partition coefficient (Wildman–Crippen LogP) is 5.80. The van der Waals surface area contributed by atoms with Crippen LogP contribution in [0.3, 0.4) is 0 Å². The first kappa shape index (κ1) is 44.4. The maximum atomic E-state index is 14.8. The van der Waals surface area contributed by atoms with E-state index >= 15 is 0 Å². The number of nitrogens with one attached hydrogen (secondary N) is 3. The molecule has 4 atom stereocenters. The number of allylic oxidation sites excluding steroid dienone is 1. The smallest absolute Gasteiger partial charge is 0.408 e. The summed E-state index contributed by atoms with van der Waals surface area (Å²) in [7, 11) is -2.79. The average molecular weight is 882 g/mol. The van der Waals surface area contributed by atoms with Gasteiger partial charge in [-0.25, -0.2) is 22.9 Å². The minimum absolute atomic E-state index is 0.0457. The van der Waals surface area contributed by atoms with E-state index in [0.717, 1.165) is 0 Å². The van der Waals surface area contributed by atoms with Gasteiger partial charge in [0.2, 0.25) is 18.6 Å². The van der Waals surface area contributed by atoms with Crippen molar-refractivity contribution in [2.45, 2.75) is 88.1 Å². The molecule has 7 rings (SSSR count). The lowest BCUT2D eigenvalue weighted by Gasteiger charge is -2.34. The summed E-state index contributed by atoms with van der Waals surface area (Å²) in [4.78, 5) is 62.8. The van der Waals surface area contributed by atoms with Crippen LogP contribution in [-0.4, -0.2) is 91.9 Å². The van der Waals surface area contributed by atoms with E-state index in [4.69, 9.17) is 28.7 Å². The van der Waals surface area contributed by atoms with Crippen molar-refractivity contribution in [3.63, 3.8) is 0 Å². The maximum Gasteiger partial charge on any atom is 0.408 e. The lowest BCUT2D eigenvalue weighted by atomic mass is 9.93. The van der Waals surface area contributed by atoms with E-state index in [-0.39, 0.29) is 37.5 Å². The van der Waals surface area contributed by atoms with Gasteiger partial charge in [-0.3, -0.25) is 14.4 Å². The quantitative estimate of drug-likeness (QED) is 0.146. The van der Waals surface area contributed by atoms with Crippen molar-refractivity contribution in [1.29, 1.82) is 0 Å². The number of hydrogen-bond acceptors (Lipinski definition) is 12. The third-order valence-electron chi connectivity index (χ3n) is 11.0. The molecule has 1 aromatic heterocycles. The lowest BCUT2D eigenvalue weighted by molar-refractivity contribution is -0.142. The van der Waals surface area contributed by atoms with Gasteiger partial charge in [-0.1, -0.05) is 50.8 Å². The van der Waals surface area contributed by atoms with Gasteiger partial charge in [0.05, 0.1) is 29.8 Å². The summed E-state index contributed by atoms with van der Waals surface area (Å²) < 4.78 is 57.8. The lowest BCUT2D eigenvalue weighted by Crippen LogP contribution is -2.62. The molecule has 16 nitrogen and oxygen atoms in total. The van der Waals surface area contributed by atoms with Gasteiger partial charge < -0.3 is 39.2 Å². The van der Waals surface area contributed by atoms with Crippen molar-refractivity contribution in [3.05, 3.63) is 97.1 Å². The van der Waals surface area contributed by atoms with E-state index in [2.05, 4.69) is 21.9 Å². The Balaban J connectivity index is 1.23.